The molecule has 0 unspecified atom stereocenters. The van der Waals surface area contributed by atoms with E-state index in [0.717, 1.165) is 16.9 Å². The van der Waals surface area contributed by atoms with Gasteiger partial charge in [0.25, 0.3) is 0 Å². The van der Waals surface area contributed by atoms with Crippen LogP contribution >= 0.6 is 11.3 Å². The summed E-state index contributed by atoms with van der Waals surface area (Å²) >= 11 is 1.29. The Balaban J connectivity index is 1.98. The lowest BCUT2D eigenvalue weighted by Gasteiger charge is -2.06. The standard InChI is InChI=1S/C14H17NO3S2/c1-2-12-7-8-14(19-12)20(17,18)15-10-9-11-5-3-4-6-13(11)16/h3-8,15-16H,2,9-10H2,1H3. The molecule has 0 spiro atoms. The summed E-state index contributed by atoms with van der Waals surface area (Å²) in [5.41, 5.74) is 0.732. The predicted octanol–water partition coefficient (Wildman–Crippen LogP) is 2.54. The number of phenols is 1. The van der Waals surface area contributed by atoms with E-state index in [2.05, 4.69) is 4.72 Å². The minimum absolute atomic E-state index is 0.191. The molecule has 0 radical (unpaired) electrons. The van der Waals surface area contributed by atoms with Crippen molar-refractivity contribution >= 4 is 21.4 Å². The normalized spacial score (nSPS) is 11.7. The molecule has 4 nitrogen and oxygen atoms in total. The molecule has 1 heterocycles. The van der Waals surface area contributed by atoms with Crippen LogP contribution in [0.25, 0.3) is 0 Å². The zero-order valence-corrected chi connectivity index (χ0v) is 12.8. The van der Waals surface area contributed by atoms with Crippen molar-refractivity contribution in [1.29, 1.82) is 0 Å². The third-order valence-electron chi connectivity index (χ3n) is 2.93. The summed E-state index contributed by atoms with van der Waals surface area (Å²) in [4.78, 5) is 1.05. The van der Waals surface area contributed by atoms with E-state index in [1.807, 2.05) is 19.1 Å². The van der Waals surface area contributed by atoms with E-state index in [0.29, 0.717) is 10.6 Å². The van der Waals surface area contributed by atoms with Crippen LogP contribution in [0.2, 0.25) is 0 Å². The van der Waals surface area contributed by atoms with Gasteiger partial charge in [-0.15, -0.1) is 11.3 Å². The molecule has 2 rings (SSSR count). The SMILES string of the molecule is CCc1ccc(S(=O)(=O)NCCc2ccccc2O)s1. The fourth-order valence-corrected chi connectivity index (χ4v) is 4.18. The second kappa shape index (κ2) is 6.39. The molecule has 6 heteroatoms. The van der Waals surface area contributed by atoms with Gasteiger partial charge in [0.05, 0.1) is 0 Å². The van der Waals surface area contributed by atoms with E-state index in [9.17, 15) is 13.5 Å². The quantitative estimate of drug-likeness (QED) is 0.861. The van der Waals surface area contributed by atoms with Gasteiger partial charge in [0.1, 0.15) is 9.96 Å². The molecular weight excluding hydrogens is 294 g/mol. The van der Waals surface area contributed by atoms with Gasteiger partial charge in [-0.25, -0.2) is 13.1 Å². The van der Waals surface area contributed by atoms with Crippen LogP contribution in [0, 0.1) is 0 Å². The van der Waals surface area contributed by atoms with Gasteiger partial charge < -0.3 is 5.11 Å². The Hall–Kier alpha value is -1.37. The van der Waals surface area contributed by atoms with E-state index in [-0.39, 0.29) is 12.3 Å². The summed E-state index contributed by atoms with van der Waals surface area (Å²) in [6, 6.07) is 10.4. The monoisotopic (exact) mass is 311 g/mol. The molecule has 0 aliphatic carbocycles. The first-order chi connectivity index (χ1) is 9.53. The van der Waals surface area contributed by atoms with Crippen molar-refractivity contribution in [2.75, 3.05) is 6.54 Å². The van der Waals surface area contributed by atoms with E-state index in [1.165, 1.54) is 11.3 Å². The Morgan fingerprint density at radius 2 is 1.95 bits per heavy atom. The number of nitrogens with one attached hydrogen (secondary N) is 1. The number of phenolic OH excluding ortho intramolecular Hbond substituents is 1. The van der Waals surface area contributed by atoms with E-state index in [1.54, 1.807) is 24.3 Å². The van der Waals surface area contributed by atoms with Gasteiger partial charge in [-0.2, -0.15) is 0 Å². The van der Waals surface area contributed by atoms with Crippen molar-refractivity contribution in [3.63, 3.8) is 0 Å². The van der Waals surface area contributed by atoms with Gasteiger partial charge in [-0.05, 0) is 36.6 Å². The van der Waals surface area contributed by atoms with E-state index < -0.39 is 10.0 Å². The summed E-state index contributed by atoms with van der Waals surface area (Å²) in [5.74, 6) is 0.191. The first-order valence-corrected chi connectivity index (χ1v) is 8.68. The van der Waals surface area contributed by atoms with Crippen LogP contribution in [0.15, 0.2) is 40.6 Å². The first kappa shape index (κ1) is 15.0. The maximum Gasteiger partial charge on any atom is 0.250 e. The molecule has 1 aromatic carbocycles. The molecule has 0 aliphatic heterocycles. The maximum absolute atomic E-state index is 12.1. The molecule has 0 saturated carbocycles. The van der Waals surface area contributed by atoms with Crippen LogP contribution in [-0.2, 0) is 22.9 Å². The minimum atomic E-state index is -3.45. The van der Waals surface area contributed by atoms with Crippen molar-refractivity contribution in [2.24, 2.45) is 0 Å². The Bertz CT molecular complexity index is 677. The second-order valence-corrected chi connectivity index (χ2v) is 7.51. The molecule has 2 N–H and O–H groups in total. The lowest BCUT2D eigenvalue weighted by molar-refractivity contribution is 0.467. The number of sulfonamides is 1. The fourth-order valence-electron chi connectivity index (χ4n) is 1.81. The van der Waals surface area contributed by atoms with E-state index >= 15 is 0 Å². The van der Waals surface area contributed by atoms with Gasteiger partial charge in [0.15, 0.2) is 0 Å². The summed E-state index contributed by atoms with van der Waals surface area (Å²) in [5, 5.41) is 9.62. The Labute approximate surface area is 123 Å². The number of hydrogen-bond donors (Lipinski definition) is 2. The van der Waals surface area contributed by atoms with Crippen LogP contribution in [0.3, 0.4) is 0 Å². The zero-order valence-electron chi connectivity index (χ0n) is 11.2. The van der Waals surface area contributed by atoms with Crippen molar-refractivity contribution in [3.05, 3.63) is 46.8 Å². The van der Waals surface area contributed by atoms with Crippen LogP contribution < -0.4 is 4.72 Å². The summed E-state index contributed by atoms with van der Waals surface area (Å²) < 4.78 is 27.0. The highest BCUT2D eigenvalue weighted by Crippen LogP contribution is 2.22. The second-order valence-electron chi connectivity index (χ2n) is 4.35. The fraction of sp³-hybridized carbons (Fsp3) is 0.286. The highest BCUT2D eigenvalue weighted by molar-refractivity contribution is 7.91. The lowest BCUT2D eigenvalue weighted by atomic mass is 10.1. The van der Waals surface area contributed by atoms with Crippen LogP contribution in [-0.4, -0.2) is 20.1 Å². The average Bonchev–Trinajstić information content (AvgIpc) is 2.90. The Morgan fingerprint density at radius 3 is 2.60 bits per heavy atom. The van der Waals surface area contributed by atoms with Crippen LogP contribution in [0.4, 0.5) is 0 Å². The highest BCUT2D eigenvalue weighted by Gasteiger charge is 2.16. The molecule has 0 atom stereocenters. The topological polar surface area (TPSA) is 66.4 Å². The minimum Gasteiger partial charge on any atom is -0.508 e. The maximum atomic E-state index is 12.1. The molecule has 2 aromatic rings. The van der Waals surface area contributed by atoms with Crippen molar-refractivity contribution < 1.29 is 13.5 Å². The highest BCUT2D eigenvalue weighted by atomic mass is 32.2. The predicted molar refractivity (Wildman–Crippen MR) is 80.7 cm³/mol. The number of thiophene rings is 1. The smallest absolute Gasteiger partial charge is 0.250 e. The van der Waals surface area contributed by atoms with E-state index in [4.69, 9.17) is 0 Å². The van der Waals surface area contributed by atoms with Gasteiger partial charge in [-0.3, -0.25) is 0 Å². The van der Waals surface area contributed by atoms with Crippen molar-refractivity contribution in [3.8, 4) is 5.75 Å². The largest absolute Gasteiger partial charge is 0.508 e. The van der Waals surface area contributed by atoms with Crippen LogP contribution in [0.5, 0.6) is 5.75 Å². The summed E-state index contributed by atoms with van der Waals surface area (Å²) in [6.07, 6.45) is 1.29. The third-order valence-corrected chi connectivity index (χ3v) is 6.11. The Morgan fingerprint density at radius 1 is 1.20 bits per heavy atom. The lowest BCUT2D eigenvalue weighted by Crippen LogP contribution is -2.25. The Kier molecular flexibility index (Phi) is 4.80. The average molecular weight is 311 g/mol. The molecule has 0 fully saturated rings. The molecule has 1 aromatic heterocycles. The summed E-state index contributed by atoms with van der Waals surface area (Å²) in [7, 11) is -3.45. The molecule has 0 amide bonds. The molecule has 20 heavy (non-hydrogen) atoms. The molecule has 0 bridgehead atoms. The number of aryl methyl sites for hydroxylation is 1. The van der Waals surface area contributed by atoms with Gasteiger partial charge in [-0.1, -0.05) is 25.1 Å². The number of para-hydroxylation sites is 1. The first-order valence-electron chi connectivity index (χ1n) is 6.38. The van der Waals surface area contributed by atoms with Crippen molar-refractivity contribution in [1.82, 2.24) is 4.72 Å². The van der Waals surface area contributed by atoms with Crippen LogP contribution in [0.1, 0.15) is 17.4 Å². The van der Waals surface area contributed by atoms with Gasteiger partial charge in [0.2, 0.25) is 10.0 Å². The third kappa shape index (κ3) is 3.59. The summed E-state index contributed by atoms with van der Waals surface area (Å²) in [6.45, 7) is 2.26. The van der Waals surface area contributed by atoms with Gasteiger partial charge in [0, 0.05) is 11.4 Å². The number of benzene rings is 1. The molecular formula is C14H17NO3S2. The van der Waals surface area contributed by atoms with Gasteiger partial charge >= 0.3 is 0 Å². The van der Waals surface area contributed by atoms with Crippen molar-refractivity contribution in [2.45, 2.75) is 24.0 Å². The number of rotatable bonds is 6. The molecule has 108 valence electrons. The number of hydrogen-bond acceptors (Lipinski definition) is 4. The molecule has 0 saturated heterocycles. The molecule has 0 aliphatic rings. The zero-order chi connectivity index (χ0) is 14.6. The number of aromatic hydroxyl groups is 1.